The highest BCUT2D eigenvalue weighted by Crippen LogP contribution is 2.38. The van der Waals surface area contributed by atoms with E-state index in [0.717, 1.165) is 11.1 Å². The zero-order valence-electron chi connectivity index (χ0n) is 20.2. The summed E-state index contributed by atoms with van der Waals surface area (Å²) >= 11 is 0. The standard InChI is InChI=1S/C26H33N3O5/c1-6-20(8-7-9-25(32)27-13-12-22(31)16-27)21-10-11-23-24(14-21)28(26(33)34-17(2)3)15-18(4)29(23)19(5)30/h6-11,14,17-18,22,31H,1,12-13,15-16H2,2-5H3/b9-7+,20-8+/t18-,22-/m0/s1. The maximum Gasteiger partial charge on any atom is 0.414 e. The number of hydrogen-bond acceptors (Lipinski definition) is 5. The topological polar surface area (TPSA) is 90.4 Å². The van der Waals surface area contributed by atoms with Gasteiger partial charge in [0.25, 0.3) is 0 Å². The van der Waals surface area contributed by atoms with Crippen molar-refractivity contribution in [3.05, 3.63) is 54.6 Å². The Bertz CT molecular complexity index is 1030. The lowest BCUT2D eigenvalue weighted by atomic mass is 10.0. The number of aliphatic hydroxyl groups is 1. The minimum absolute atomic E-state index is 0.105. The number of allylic oxidation sites excluding steroid dienone is 4. The molecule has 0 aliphatic carbocycles. The van der Waals surface area contributed by atoms with Crippen LogP contribution in [0.5, 0.6) is 0 Å². The van der Waals surface area contributed by atoms with Gasteiger partial charge in [0.2, 0.25) is 11.8 Å². The molecule has 1 fully saturated rings. The van der Waals surface area contributed by atoms with Crippen molar-refractivity contribution in [2.45, 2.75) is 52.4 Å². The number of ether oxygens (including phenoxy) is 1. The van der Waals surface area contributed by atoms with Gasteiger partial charge in [-0.3, -0.25) is 14.5 Å². The summed E-state index contributed by atoms with van der Waals surface area (Å²) in [7, 11) is 0. The highest BCUT2D eigenvalue weighted by Gasteiger charge is 2.34. The molecule has 1 aromatic rings. The van der Waals surface area contributed by atoms with Gasteiger partial charge in [-0.05, 0) is 50.5 Å². The molecule has 2 aliphatic heterocycles. The van der Waals surface area contributed by atoms with Crippen LogP contribution in [0.3, 0.4) is 0 Å². The van der Waals surface area contributed by atoms with Crippen LogP contribution >= 0.6 is 0 Å². The molecular formula is C26H33N3O5. The Morgan fingerprint density at radius 2 is 1.94 bits per heavy atom. The molecule has 0 saturated carbocycles. The third kappa shape index (κ3) is 5.56. The van der Waals surface area contributed by atoms with Crippen molar-refractivity contribution in [1.82, 2.24) is 4.90 Å². The molecule has 0 aromatic heterocycles. The fourth-order valence-electron chi connectivity index (χ4n) is 4.29. The number of benzene rings is 1. The Kier molecular flexibility index (Phi) is 7.94. The van der Waals surface area contributed by atoms with Gasteiger partial charge >= 0.3 is 6.09 Å². The smallest absolute Gasteiger partial charge is 0.414 e. The minimum atomic E-state index is -0.467. The van der Waals surface area contributed by atoms with Crippen LogP contribution in [-0.4, -0.2) is 65.8 Å². The maximum absolute atomic E-state index is 12.8. The van der Waals surface area contributed by atoms with Gasteiger partial charge in [-0.25, -0.2) is 4.79 Å². The third-order valence-electron chi connectivity index (χ3n) is 5.85. The zero-order chi connectivity index (χ0) is 25.0. The SMILES string of the molecule is C=C/C(=C\C=C\C(=O)N1CC[C@H](O)C1)c1ccc2c(c1)N(C(=O)OC(C)C)C[C@H](C)N2C(C)=O. The fraction of sp³-hybridized carbons (Fsp3) is 0.423. The van der Waals surface area contributed by atoms with Gasteiger partial charge in [-0.2, -0.15) is 0 Å². The van der Waals surface area contributed by atoms with Crippen molar-refractivity contribution in [3.8, 4) is 0 Å². The van der Waals surface area contributed by atoms with Crippen molar-refractivity contribution < 1.29 is 24.2 Å². The predicted octanol–water partition coefficient (Wildman–Crippen LogP) is 3.51. The van der Waals surface area contributed by atoms with Crippen LogP contribution in [0.15, 0.2) is 49.1 Å². The molecular weight excluding hydrogens is 434 g/mol. The summed E-state index contributed by atoms with van der Waals surface area (Å²) in [5.41, 5.74) is 2.74. The Balaban J connectivity index is 1.93. The van der Waals surface area contributed by atoms with Gasteiger partial charge in [-0.1, -0.05) is 30.9 Å². The molecule has 0 spiro atoms. The molecule has 2 atom stereocenters. The van der Waals surface area contributed by atoms with Crippen molar-refractivity contribution >= 4 is 34.9 Å². The largest absolute Gasteiger partial charge is 0.446 e. The molecule has 0 bridgehead atoms. The van der Waals surface area contributed by atoms with Crippen molar-refractivity contribution in [1.29, 1.82) is 0 Å². The van der Waals surface area contributed by atoms with Gasteiger partial charge in [0, 0.05) is 32.6 Å². The van der Waals surface area contributed by atoms with Crippen LogP contribution in [0, 0.1) is 0 Å². The van der Waals surface area contributed by atoms with Crippen molar-refractivity contribution in [2.24, 2.45) is 0 Å². The highest BCUT2D eigenvalue weighted by atomic mass is 16.6. The van der Waals surface area contributed by atoms with Gasteiger partial charge in [0.15, 0.2) is 0 Å². The second-order valence-corrected chi connectivity index (χ2v) is 8.90. The first-order valence-corrected chi connectivity index (χ1v) is 11.5. The van der Waals surface area contributed by atoms with Crippen LogP contribution in [0.1, 0.15) is 39.7 Å². The van der Waals surface area contributed by atoms with Crippen LogP contribution in [0.2, 0.25) is 0 Å². The molecule has 1 aromatic carbocycles. The Hall–Kier alpha value is -3.39. The Morgan fingerprint density at radius 1 is 1.21 bits per heavy atom. The number of nitrogens with zero attached hydrogens (tertiary/aromatic N) is 3. The summed E-state index contributed by atoms with van der Waals surface area (Å²) < 4.78 is 5.44. The normalized spacial score (nSPS) is 20.6. The van der Waals surface area contributed by atoms with Crippen LogP contribution in [0.25, 0.3) is 5.57 Å². The molecule has 3 amide bonds. The second kappa shape index (κ2) is 10.7. The van der Waals surface area contributed by atoms with Gasteiger partial charge in [0.1, 0.15) is 0 Å². The van der Waals surface area contributed by atoms with Crippen molar-refractivity contribution in [3.63, 3.8) is 0 Å². The molecule has 0 unspecified atom stereocenters. The lowest BCUT2D eigenvalue weighted by molar-refractivity contribution is -0.125. The van der Waals surface area contributed by atoms with E-state index in [1.54, 1.807) is 46.8 Å². The zero-order valence-corrected chi connectivity index (χ0v) is 20.2. The van der Waals surface area contributed by atoms with E-state index < -0.39 is 12.2 Å². The molecule has 2 heterocycles. The second-order valence-electron chi connectivity index (χ2n) is 8.90. The summed E-state index contributed by atoms with van der Waals surface area (Å²) in [6, 6.07) is 5.30. The lowest BCUT2D eigenvalue weighted by Gasteiger charge is -2.40. The average Bonchev–Trinajstić information content (AvgIpc) is 3.21. The number of anilines is 2. The summed E-state index contributed by atoms with van der Waals surface area (Å²) in [5, 5.41) is 9.62. The summed E-state index contributed by atoms with van der Waals surface area (Å²) in [6.45, 7) is 12.1. The quantitative estimate of drug-likeness (QED) is 0.529. The number of likely N-dealkylation sites (tertiary alicyclic amines) is 1. The molecule has 8 nitrogen and oxygen atoms in total. The first-order chi connectivity index (χ1) is 16.1. The summed E-state index contributed by atoms with van der Waals surface area (Å²) in [4.78, 5) is 42.3. The number of hydrogen-bond donors (Lipinski definition) is 1. The Morgan fingerprint density at radius 3 is 2.53 bits per heavy atom. The summed E-state index contributed by atoms with van der Waals surface area (Å²) in [5.74, 6) is -0.262. The van der Waals surface area contributed by atoms with Gasteiger partial charge in [-0.15, -0.1) is 0 Å². The van der Waals surface area contributed by atoms with Crippen LogP contribution in [-0.2, 0) is 14.3 Å². The molecule has 34 heavy (non-hydrogen) atoms. The third-order valence-corrected chi connectivity index (χ3v) is 5.85. The first kappa shape index (κ1) is 25.2. The van der Waals surface area contributed by atoms with E-state index in [4.69, 9.17) is 4.74 Å². The van der Waals surface area contributed by atoms with E-state index in [-0.39, 0.29) is 24.0 Å². The first-order valence-electron chi connectivity index (χ1n) is 11.5. The van der Waals surface area contributed by atoms with Gasteiger partial charge in [0.05, 0.1) is 29.6 Å². The highest BCUT2D eigenvalue weighted by molar-refractivity contribution is 6.03. The number of carbonyl (C=O) groups is 3. The molecule has 2 aliphatic rings. The van der Waals surface area contributed by atoms with E-state index in [9.17, 15) is 19.5 Å². The molecule has 1 N–H and O–H groups in total. The average molecular weight is 468 g/mol. The molecule has 0 radical (unpaired) electrons. The predicted molar refractivity (Wildman–Crippen MR) is 133 cm³/mol. The van der Waals surface area contributed by atoms with Crippen LogP contribution < -0.4 is 9.80 Å². The number of amides is 3. The van der Waals surface area contributed by atoms with Crippen LogP contribution in [0.4, 0.5) is 16.2 Å². The molecule has 182 valence electrons. The molecule has 1 saturated heterocycles. The number of aliphatic hydroxyl groups excluding tert-OH is 1. The molecule has 8 heteroatoms. The van der Waals surface area contributed by atoms with Gasteiger partial charge < -0.3 is 19.6 Å². The van der Waals surface area contributed by atoms with E-state index >= 15 is 0 Å². The number of fused-ring (bicyclic) bond motifs is 1. The van der Waals surface area contributed by atoms with E-state index in [0.29, 0.717) is 37.4 Å². The fourth-order valence-corrected chi connectivity index (χ4v) is 4.29. The number of β-amino-alcohol motifs (C(OH)–C–C–N with tert-alkyl or cyclic N) is 1. The van der Waals surface area contributed by atoms with E-state index in [2.05, 4.69) is 6.58 Å². The number of rotatable bonds is 5. The maximum atomic E-state index is 12.8. The van der Waals surface area contributed by atoms with E-state index in [1.165, 1.54) is 13.0 Å². The lowest BCUT2D eigenvalue weighted by Crippen LogP contribution is -2.51. The minimum Gasteiger partial charge on any atom is -0.446 e. The summed E-state index contributed by atoms with van der Waals surface area (Å²) in [6.07, 6.45) is 5.94. The molecule has 3 rings (SSSR count). The van der Waals surface area contributed by atoms with Crippen molar-refractivity contribution in [2.75, 3.05) is 29.4 Å². The van der Waals surface area contributed by atoms with E-state index in [1.807, 2.05) is 25.1 Å². The number of carbonyl (C=O) groups excluding carboxylic acids is 3. The Labute approximate surface area is 200 Å². The monoisotopic (exact) mass is 467 g/mol.